The second kappa shape index (κ2) is 6.25. The number of carbonyl (C=O) groups is 1. The molecule has 0 radical (unpaired) electrons. The van der Waals surface area contributed by atoms with Gasteiger partial charge in [0.05, 0.1) is 0 Å². The van der Waals surface area contributed by atoms with Crippen molar-refractivity contribution in [1.82, 2.24) is 0 Å². The Morgan fingerprint density at radius 3 is 2.58 bits per heavy atom. The van der Waals surface area contributed by atoms with Crippen molar-refractivity contribution in [2.24, 2.45) is 0 Å². The van der Waals surface area contributed by atoms with Gasteiger partial charge >= 0.3 is 0 Å². The van der Waals surface area contributed by atoms with E-state index in [0.29, 0.717) is 0 Å². The van der Waals surface area contributed by atoms with Crippen LogP contribution in [-0.2, 0) is 4.79 Å². The van der Waals surface area contributed by atoms with Crippen LogP contribution in [0.25, 0.3) is 0 Å². The summed E-state index contributed by atoms with van der Waals surface area (Å²) in [5, 5.41) is 2.76. The summed E-state index contributed by atoms with van der Waals surface area (Å²) in [5.74, 6) is -0.197. The van der Waals surface area contributed by atoms with Crippen LogP contribution < -0.4 is 5.32 Å². The number of hydrogen-bond acceptors (Lipinski definition) is 2. The van der Waals surface area contributed by atoms with Crippen LogP contribution in [-0.4, -0.2) is 5.91 Å². The van der Waals surface area contributed by atoms with Gasteiger partial charge in [-0.3, -0.25) is 4.79 Å². The summed E-state index contributed by atoms with van der Waals surface area (Å²) in [4.78, 5) is 13.5. The maximum Gasteiger partial charge on any atom is 0.247 e. The molecule has 0 heterocycles. The van der Waals surface area contributed by atoms with E-state index in [-0.39, 0.29) is 5.91 Å². The van der Waals surface area contributed by atoms with Crippen LogP contribution >= 0.6 is 11.8 Å². The number of nitrogens with one attached hydrogen (secondary N) is 1. The van der Waals surface area contributed by atoms with Crippen LogP contribution in [0.4, 0.5) is 5.69 Å². The maximum atomic E-state index is 11.3. The summed E-state index contributed by atoms with van der Waals surface area (Å²) in [6.45, 7) is 5.51. The monoisotopic (exact) mass is 269 g/mol. The first-order chi connectivity index (χ1) is 9.17. The van der Waals surface area contributed by atoms with Crippen molar-refractivity contribution < 1.29 is 4.79 Å². The predicted molar refractivity (Wildman–Crippen MR) is 80.6 cm³/mol. The molecule has 0 bridgehead atoms. The van der Waals surface area contributed by atoms with E-state index in [4.69, 9.17) is 0 Å². The quantitative estimate of drug-likeness (QED) is 0.840. The molecule has 0 fully saturated rings. The Bertz CT molecular complexity index is 590. The molecule has 0 saturated heterocycles. The highest BCUT2D eigenvalue weighted by Gasteiger charge is 2.01. The van der Waals surface area contributed by atoms with Gasteiger partial charge in [-0.15, -0.1) is 0 Å². The molecule has 0 aliphatic heterocycles. The lowest BCUT2D eigenvalue weighted by atomic mass is 10.2. The van der Waals surface area contributed by atoms with Gasteiger partial charge in [-0.1, -0.05) is 42.1 Å². The molecule has 0 aliphatic rings. The first kappa shape index (κ1) is 13.4. The average molecular weight is 269 g/mol. The number of hydrogen-bond donors (Lipinski definition) is 1. The lowest BCUT2D eigenvalue weighted by molar-refractivity contribution is -0.111. The van der Waals surface area contributed by atoms with Gasteiger partial charge in [0.25, 0.3) is 0 Å². The normalized spacial score (nSPS) is 9.95. The number of anilines is 1. The number of amides is 1. The predicted octanol–water partition coefficient (Wildman–Crippen LogP) is 4.27. The number of carbonyl (C=O) groups excluding carboxylic acids is 1. The highest BCUT2D eigenvalue weighted by molar-refractivity contribution is 7.99. The van der Waals surface area contributed by atoms with E-state index in [2.05, 4.69) is 43.1 Å². The van der Waals surface area contributed by atoms with Crippen molar-refractivity contribution in [3.05, 3.63) is 66.7 Å². The van der Waals surface area contributed by atoms with Crippen LogP contribution in [0.3, 0.4) is 0 Å². The molecule has 0 saturated carbocycles. The third kappa shape index (κ3) is 4.00. The zero-order valence-electron chi connectivity index (χ0n) is 10.7. The van der Waals surface area contributed by atoms with Gasteiger partial charge < -0.3 is 5.32 Å². The molecule has 0 unspecified atom stereocenters. The first-order valence-electron chi connectivity index (χ1n) is 5.95. The summed E-state index contributed by atoms with van der Waals surface area (Å²) in [5.41, 5.74) is 2.03. The minimum absolute atomic E-state index is 0.197. The van der Waals surface area contributed by atoms with Gasteiger partial charge in [0.15, 0.2) is 0 Å². The average Bonchev–Trinajstić information content (AvgIpc) is 2.42. The van der Waals surface area contributed by atoms with Crippen molar-refractivity contribution in [3.63, 3.8) is 0 Å². The highest BCUT2D eigenvalue weighted by atomic mass is 32.2. The van der Waals surface area contributed by atoms with Gasteiger partial charge in [-0.05, 0) is 43.3 Å². The SMILES string of the molecule is C=CC(=O)Nc1cccc(Sc2ccc(C)cc2)c1. The lowest BCUT2D eigenvalue weighted by Gasteiger charge is -2.06. The van der Waals surface area contributed by atoms with E-state index >= 15 is 0 Å². The van der Waals surface area contributed by atoms with E-state index in [1.807, 2.05) is 24.3 Å². The fraction of sp³-hybridized carbons (Fsp3) is 0.0625. The largest absolute Gasteiger partial charge is 0.322 e. The Hall–Kier alpha value is -2.00. The van der Waals surface area contributed by atoms with Crippen molar-refractivity contribution in [2.45, 2.75) is 16.7 Å². The van der Waals surface area contributed by atoms with Gasteiger partial charge in [-0.2, -0.15) is 0 Å². The molecule has 1 N–H and O–H groups in total. The minimum atomic E-state index is -0.197. The Labute approximate surface area is 117 Å². The highest BCUT2D eigenvalue weighted by Crippen LogP contribution is 2.29. The Kier molecular flexibility index (Phi) is 4.42. The van der Waals surface area contributed by atoms with E-state index < -0.39 is 0 Å². The molecule has 0 aliphatic carbocycles. The maximum absolute atomic E-state index is 11.3. The molecule has 0 atom stereocenters. The van der Waals surface area contributed by atoms with Gasteiger partial charge in [0.2, 0.25) is 5.91 Å². The molecule has 19 heavy (non-hydrogen) atoms. The number of benzene rings is 2. The second-order valence-corrected chi connectivity index (χ2v) is 5.28. The Morgan fingerprint density at radius 1 is 1.16 bits per heavy atom. The molecule has 0 aromatic heterocycles. The third-order valence-electron chi connectivity index (χ3n) is 2.54. The van der Waals surface area contributed by atoms with Gasteiger partial charge in [0.1, 0.15) is 0 Å². The summed E-state index contributed by atoms with van der Waals surface area (Å²) >= 11 is 1.67. The van der Waals surface area contributed by atoms with Gasteiger partial charge in [0, 0.05) is 15.5 Å². The molecular weight excluding hydrogens is 254 g/mol. The van der Waals surface area contributed by atoms with E-state index in [0.717, 1.165) is 10.6 Å². The van der Waals surface area contributed by atoms with Gasteiger partial charge in [-0.25, -0.2) is 0 Å². The smallest absolute Gasteiger partial charge is 0.247 e. The van der Waals surface area contributed by atoms with Crippen molar-refractivity contribution in [3.8, 4) is 0 Å². The minimum Gasteiger partial charge on any atom is -0.322 e. The number of aryl methyl sites for hydroxylation is 1. The summed E-state index contributed by atoms with van der Waals surface area (Å²) in [7, 11) is 0. The molecule has 2 aromatic rings. The summed E-state index contributed by atoms with van der Waals surface area (Å²) in [6, 6.07) is 16.1. The lowest BCUT2D eigenvalue weighted by Crippen LogP contribution is -2.06. The standard InChI is InChI=1S/C16H15NOS/c1-3-16(18)17-13-5-4-6-15(11-13)19-14-9-7-12(2)8-10-14/h3-11H,1H2,2H3,(H,17,18). The topological polar surface area (TPSA) is 29.1 Å². The van der Waals surface area contributed by atoms with Crippen LogP contribution in [0.2, 0.25) is 0 Å². The van der Waals surface area contributed by atoms with Crippen molar-refractivity contribution in [1.29, 1.82) is 0 Å². The van der Waals surface area contributed by atoms with Crippen molar-refractivity contribution >= 4 is 23.4 Å². The molecule has 1 amide bonds. The fourth-order valence-electron chi connectivity index (χ4n) is 1.57. The second-order valence-electron chi connectivity index (χ2n) is 4.14. The van der Waals surface area contributed by atoms with Crippen molar-refractivity contribution in [2.75, 3.05) is 5.32 Å². The van der Waals surface area contributed by atoms with Crippen LogP contribution in [0, 0.1) is 6.92 Å². The molecule has 2 nitrogen and oxygen atoms in total. The fourth-order valence-corrected chi connectivity index (χ4v) is 2.45. The van der Waals surface area contributed by atoms with Crippen LogP contribution in [0.5, 0.6) is 0 Å². The zero-order valence-corrected chi connectivity index (χ0v) is 11.5. The first-order valence-corrected chi connectivity index (χ1v) is 6.77. The molecule has 0 spiro atoms. The molecule has 2 rings (SSSR count). The van der Waals surface area contributed by atoms with E-state index in [9.17, 15) is 4.79 Å². The molecule has 3 heteroatoms. The zero-order chi connectivity index (χ0) is 13.7. The Balaban J connectivity index is 2.12. The molecular formula is C16H15NOS. The Morgan fingerprint density at radius 2 is 1.89 bits per heavy atom. The molecule has 2 aromatic carbocycles. The number of rotatable bonds is 4. The van der Waals surface area contributed by atoms with Crippen LogP contribution in [0.15, 0.2) is 71.0 Å². The summed E-state index contributed by atoms with van der Waals surface area (Å²) < 4.78 is 0. The van der Waals surface area contributed by atoms with E-state index in [1.54, 1.807) is 11.8 Å². The molecule has 96 valence electrons. The van der Waals surface area contributed by atoms with Crippen LogP contribution in [0.1, 0.15) is 5.56 Å². The third-order valence-corrected chi connectivity index (χ3v) is 3.54. The van der Waals surface area contributed by atoms with E-state index in [1.165, 1.54) is 16.5 Å². The summed E-state index contributed by atoms with van der Waals surface area (Å²) in [6.07, 6.45) is 1.26.